The number of aromatic nitrogens is 1. The van der Waals surface area contributed by atoms with Gasteiger partial charge in [0.1, 0.15) is 5.76 Å². The minimum absolute atomic E-state index is 0.308. The summed E-state index contributed by atoms with van der Waals surface area (Å²) >= 11 is 0. The number of hydrogen-bond acceptors (Lipinski definition) is 5. The molecule has 1 N–H and O–H groups in total. The Morgan fingerprint density at radius 2 is 2.32 bits per heavy atom. The maximum Gasteiger partial charge on any atom is 0.195 e. The highest BCUT2D eigenvalue weighted by Gasteiger charge is 2.30. The highest BCUT2D eigenvalue weighted by atomic mass is 32.2. The molecule has 1 aromatic rings. The number of hydrogen-bond donors (Lipinski definition) is 1. The zero-order chi connectivity index (χ0) is 13.9. The molecule has 0 bridgehead atoms. The molecule has 2 atom stereocenters. The van der Waals surface area contributed by atoms with Crippen LogP contribution in [0.3, 0.4) is 0 Å². The summed E-state index contributed by atoms with van der Waals surface area (Å²) in [6.45, 7) is 2.06. The van der Waals surface area contributed by atoms with E-state index in [1.807, 2.05) is 7.05 Å². The van der Waals surface area contributed by atoms with Crippen LogP contribution < -0.4 is 5.32 Å². The summed E-state index contributed by atoms with van der Waals surface area (Å²) in [4.78, 5) is 4.20. The van der Waals surface area contributed by atoms with E-state index in [9.17, 15) is 8.42 Å². The molecule has 1 aromatic heterocycles. The second-order valence-corrected chi connectivity index (χ2v) is 7.70. The molecular formula is C13H22N2O3S. The third-order valence-corrected chi connectivity index (χ3v) is 5.99. The number of nitrogens with one attached hydrogen (secondary N) is 1. The van der Waals surface area contributed by atoms with E-state index in [0.29, 0.717) is 24.1 Å². The first-order valence-electron chi connectivity index (χ1n) is 6.83. The van der Waals surface area contributed by atoms with Gasteiger partial charge in [-0.05, 0) is 26.8 Å². The summed E-state index contributed by atoms with van der Waals surface area (Å²) in [5.74, 6) is 1.67. The molecule has 0 spiro atoms. The minimum atomic E-state index is -2.95. The molecule has 0 radical (unpaired) electrons. The van der Waals surface area contributed by atoms with Gasteiger partial charge in [0.15, 0.2) is 15.7 Å². The Balaban J connectivity index is 1.99. The number of sulfone groups is 1. The normalized spacial score (nSPS) is 24.2. The standard InChI is InChI=1S/C13H22N2O3S/c1-10(14-2)7-11-9-15-13(18-11)8-12-5-3-4-6-19(12,16)17/h9-10,12,14H,3-8H2,1-2H3. The van der Waals surface area contributed by atoms with Crippen LogP contribution in [0.2, 0.25) is 0 Å². The molecule has 2 rings (SSSR count). The molecule has 1 fully saturated rings. The smallest absolute Gasteiger partial charge is 0.195 e. The maximum absolute atomic E-state index is 11.9. The average molecular weight is 286 g/mol. The van der Waals surface area contributed by atoms with Crippen LogP contribution in [0, 0.1) is 0 Å². The summed E-state index contributed by atoms with van der Waals surface area (Å²) in [5.41, 5.74) is 0. The summed E-state index contributed by atoms with van der Waals surface area (Å²) in [7, 11) is -1.05. The van der Waals surface area contributed by atoms with Gasteiger partial charge in [-0.2, -0.15) is 0 Å². The summed E-state index contributed by atoms with van der Waals surface area (Å²) < 4.78 is 29.5. The van der Waals surface area contributed by atoms with E-state index < -0.39 is 9.84 Å². The lowest BCUT2D eigenvalue weighted by Gasteiger charge is -2.20. The zero-order valence-corrected chi connectivity index (χ0v) is 12.4. The minimum Gasteiger partial charge on any atom is -0.446 e. The fraction of sp³-hybridized carbons (Fsp3) is 0.769. The summed E-state index contributed by atoms with van der Waals surface area (Å²) in [6, 6.07) is 0.319. The summed E-state index contributed by atoms with van der Waals surface area (Å²) in [5, 5.41) is 2.82. The molecule has 2 heterocycles. The molecule has 108 valence electrons. The first-order chi connectivity index (χ1) is 9.01. The quantitative estimate of drug-likeness (QED) is 0.884. The Morgan fingerprint density at radius 1 is 1.53 bits per heavy atom. The van der Waals surface area contributed by atoms with Crippen molar-refractivity contribution in [3.05, 3.63) is 17.8 Å². The lowest BCUT2D eigenvalue weighted by molar-refractivity contribution is 0.422. The monoisotopic (exact) mass is 286 g/mol. The van der Waals surface area contributed by atoms with Crippen molar-refractivity contribution in [2.45, 2.75) is 50.3 Å². The second-order valence-electron chi connectivity index (χ2n) is 5.30. The number of likely N-dealkylation sites (N-methyl/N-ethyl adjacent to an activating group) is 1. The molecule has 19 heavy (non-hydrogen) atoms. The van der Waals surface area contributed by atoms with Gasteiger partial charge in [-0.25, -0.2) is 13.4 Å². The van der Waals surface area contributed by atoms with E-state index in [0.717, 1.165) is 31.4 Å². The maximum atomic E-state index is 11.9. The van der Waals surface area contributed by atoms with Gasteiger partial charge < -0.3 is 9.73 Å². The van der Waals surface area contributed by atoms with Gasteiger partial charge in [-0.3, -0.25) is 0 Å². The Morgan fingerprint density at radius 3 is 3.00 bits per heavy atom. The largest absolute Gasteiger partial charge is 0.446 e. The first-order valence-corrected chi connectivity index (χ1v) is 8.55. The lowest BCUT2D eigenvalue weighted by Crippen LogP contribution is -2.30. The average Bonchev–Trinajstić information content (AvgIpc) is 2.79. The van der Waals surface area contributed by atoms with Gasteiger partial charge in [-0.1, -0.05) is 6.42 Å². The van der Waals surface area contributed by atoms with Gasteiger partial charge in [0.2, 0.25) is 0 Å². The van der Waals surface area contributed by atoms with Gasteiger partial charge in [-0.15, -0.1) is 0 Å². The molecule has 0 aromatic carbocycles. The van der Waals surface area contributed by atoms with Crippen molar-refractivity contribution in [1.82, 2.24) is 10.3 Å². The first kappa shape index (κ1) is 14.5. The van der Waals surface area contributed by atoms with Crippen molar-refractivity contribution >= 4 is 9.84 Å². The fourth-order valence-electron chi connectivity index (χ4n) is 2.39. The van der Waals surface area contributed by atoms with Crippen molar-refractivity contribution in [1.29, 1.82) is 0 Å². The van der Waals surface area contributed by atoms with E-state index in [4.69, 9.17) is 4.42 Å². The predicted molar refractivity (Wildman–Crippen MR) is 73.9 cm³/mol. The molecule has 0 saturated carbocycles. The van der Waals surface area contributed by atoms with Crippen molar-refractivity contribution in [3.8, 4) is 0 Å². The van der Waals surface area contributed by atoms with Crippen LogP contribution in [0.1, 0.15) is 37.8 Å². The number of rotatable bonds is 5. The van der Waals surface area contributed by atoms with E-state index >= 15 is 0 Å². The van der Waals surface area contributed by atoms with Crippen molar-refractivity contribution in [2.24, 2.45) is 0 Å². The predicted octanol–water partition coefficient (Wildman–Crippen LogP) is 1.33. The van der Waals surface area contributed by atoms with Gasteiger partial charge in [0, 0.05) is 18.9 Å². The van der Waals surface area contributed by atoms with Crippen LogP contribution in [0.25, 0.3) is 0 Å². The molecular weight excluding hydrogens is 264 g/mol. The van der Waals surface area contributed by atoms with E-state index in [2.05, 4.69) is 17.2 Å². The number of oxazole rings is 1. The van der Waals surface area contributed by atoms with E-state index in [-0.39, 0.29) is 5.25 Å². The van der Waals surface area contributed by atoms with Crippen molar-refractivity contribution < 1.29 is 12.8 Å². The van der Waals surface area contributed by atoms with Gasteiger partial charge in [0.05, 0.1) is 17.2 Å². The third-order valence-electron chi connectivity index (χ3n) is 3.72. The van der Waals surface area contributed by atoms with Gasteiger partial charge >= 0.3 is 0 Å². The Labute approximate surface area is 114 Å². The lowest BCUT2D eigenvalue weighted by atomic mass is 10.1. The number of nitrogens with zero attached hydrogens (tertiary/aromatic N) is 1. The molecule has 0 aliphatic carbocycles. The molecule has 2 unspecified atom stereocenters. The van der Waals surface area contributed by atoms with Crippen LogP contribution in [-0.4, -0.2) is 37.5 Å². The van der Waals surface area contributed by atoms with Crippen LogP contribution in [0.15, 0.2) is 10.6 Å². The zero-order valence-electron chi connectivity index (χ0n) is 11.6. The van der Waals surface area contributed by atoms with Crippen LogP contribution >= 0.6 is 0 Å². The molecule has 1 aliphatic heterocycles. The topological polar surface area (TPSA) is 72.2 Å². The van der Waals surface area contributed by atoms with Crippen LogP contribution in [-0.2, 0) is 22.7 Å². The van der Waals surface area contributed by atoms with Crippen molar-refractivity contribution in [2.75, 3.05) is 12.8 Å². The molecule has 1 aliphatic rings. The summed E-state index contributed by atoms with van der Waals surface area (Å²) in [6.07, 6.45) is 5.38. The molecule has 0 amide bonds. The highest BCUT2D eigenvalue weighted by molar-refractivity contribution is 7.92. The van der Waals surface area contributed by atoms with Crippen LogP contribution in [0.5, 0.6) is 0 Å². The Hall–Kier alpha value is -0.880. The van der Waals surface area contributed by atoms with E-state index in [1.165, 1.54) is 0 Å². The fourth-order valence-corrected chi connectivity index (χ4v) is 4.25. The second kappa shape index (κ2) is 6.05. The SMILES string of the molecule is CNC(C)Cc1cnc(CC2CCCCS2(=O)=O)o1. The van der Waals surface area contributed by atoms with Gasteiger partial charge in [0.25, 0.3) is 0 Å². The molecule has 5 nitrogen and oxygen atoms in total. The highest BCUT2D eigenvalue weighted by Crippen LogP contribution is 2.23. The third kappa shape index (κ3) is 3.79. The molecule has 6 heteroatoms. The van der Waals surface area contributed by atoms with Crippen molar-refractivity contribution in [3.63, 3.8) is 0 Å². The van der Waals surface area contributed by atoms with Crippen LogP contribution in [0.4, 0.5) is 0 Å². The Kier molecular flexibility index (Phi) is 4.62. The molecule has 1 saturated heterocycles. The van der Waals surface area contributed by atoms with E-state index in [1.54, 1.807) is 6.20 Å². The Bertz CT molecular complexity index is 510.